The molecule has 4 bridgehead atoms. The Morgan fingerprint density at radius 3 is 2.00 bits per heavy atom. The van der Waals surface area contributed by atoms with E-state index < -0.39 is 17.8 Å². The average Bonchev–Trinajstić information content (AvgIpc) is 3.19. The van der Waals surface area contributed by atoms with Gasteiger partial charge in [0.2, 0.25) is 0 Å². The lowest BCUT2D eigenvalue weighted by atomic mass is 9.48. The van der Waals surface area contributed by atoms with E-state index in [0.29, 0.717) is 16.9 Å². The number of rotatable bonds is 4. The molecule has 204 valence electrons. The number of carbonyl (C=O) groups is 3. The fourth-order valence-electron chi connectivity index (χ4n) is 8.27. The summed E-state index contributed by atoms with van der Waals surface area (Å²) in [6, 6.07) is 15.2. The second-order valence-electron chi connectivity index (χ2n) is 12.5. The summed E-state index contributed by atoms with van der Waals surface area (Å²) < 4.78 is 1.80. The number of nitrogens with zero attached hydrogens (tertiary/aromatic N) is 3. The van der Waals surface area contributed by atoms with E-state index in [1.165, 1.54) is 44.1 Å². The maximum Gasteiger partial charge on any atom is 0.335 e. The number of nitrogens with one attached hydrogen (secondary N) is 1. The Balaban J connectivity index is 1.19. The summed E-state index contributed by atoms with van der Waals surface area (Å²) in [7, 11) is 0. The third kappa shape index (κ3) is 3.94. The number of imide groups is 2. The quantitative estimate of drug-likeness (QED) is 0.332. The van der Waals surface area contributed by atoms with Crippen molar-refractivity contribution in [3.63, 3.8) is 0 Å². The van der Waals surface area contributed by atoms with Gasteiger partial charge in [-0.1, -0.05) is 29.8 Å². The van der Waals surface area contributed by atoms with E-state index in [4.69, 9.17) is 0 Å². The van der Waals surface area contributed by atoms with Gasteiger partial charge in [-0.25, -0.2) is 14.4 Å². The van der Waals surface area contributed by atoms with Gasteiger partial charge in [0, 0.05) is 11.3 Å². The van der Waals surface area contributed by atoms with Gasteiger partial charge in [0.05, 0.1) is 17.1 Å². The van der Waals surface area contributed by atoms with Crippen LogP contribution in [0.2, 0.25) is 0 Å². The summed E-state index contributed by atoms with van der Waals surface area (Å²) in [5, 5.41) is 7.02. The van der Waals surface area contributed by atoms with Crippen molar-refractivity contribution >= 4 is 29.6 Å². The molecule has 1 aliphatic heterocycles. The molecule has 1 N–H and O–H groups in total. The van der Waals surface area contributed by atoms with Gasteiger partial charge in [0.1, 0.15) is 5.57 Å². The van der Waals surface area contributed by atoms with Crippen molar-refractivity contribution < 1.29 is 14.4 Å². The van der Waals surface area contributed by atoms with E-state index in [1.54, 1.807) is 10.8 Å². The van der Waals surface area contributed by atoms with Crippen LogP contribution in [0.4, 0.5) is 10.5 Å². The molecule has 3 aromatic rings. The number of hydrogen-bond acceptors (Lipinski definition) is 4. The third-order valence-electron chi connectivity index (χ3n) is 9.79. The zero-order valence-corrected chi connectivity index (χ0v) is 23.2. The van der Waals surface area contributed by atoms with Crippen LogP contribution in [0.3, 0.4) is 0 Å². The van der Waals surface area contributed by atoms with Crippen LogP contribution >= 0.6 is 0 Å². The number of benzene rings is 2. The largest absolute Gasteiger partial charge is 0.335 e. The van der Waals surface area contributed by atoms with E-state index in [1.807, 2.05) is 57.2 Å². The van der Waals surface area contributed by atoms with Crippen molar-refractivity contribution in [2.45, 2.75) is 64.7 Å². The van der Waals surface area contributed by atoms with E-state index >= 15 is 0 Å². The highest BCUT2D eigenvalue weighted by atomic mass is 16.2. The number of amides is 4. The van der Waals surface area contributed by atoms with Crippen molar-refractivity contribution in [1.29, 1.82) is 0 Å². The van der Waals surface area contributed by atoms with Crippen molar-refractivity contribution in [2.24, 2.45) is 17.8 Å². The van der Waals surface area contributed by atoms with Crippen LogP contribution in [0.15, 0.2) is 54.1 Å². The van der Waals surface area contributed by atoms with Gasteiger partial charge in [-0.15, -0.1) is 0 Å². The first-order valence-corrected chi connectivity index (χ1v) is 14.4. The Bertz CT molecular complexity index is 1540. The van der Waals surface area contributed by atoms with Gasteiger partial charge in [0.25, 0.3) is 11.8 Å². The van der Waals surface area contributed by atoms with E-state index in [0.717, 1.165) is 39.6 Å². The maximum atomic E-state index is 13.6. The molecule has 4 aliphatic carbocycles. The summed E-state index contributed by atoms with van der Waals surface area (Å²) >= 11 is 0. The van der Waals surface area contributed by atoms with Crippen LogP contribution in [-0.4, -0.2) is 27.6 Å². The number of anilines is 1. The molecule has 7 nitrogen and oxygen atoms in total. The molecule has 2 heterocycles. The predicted octanol–water partition coefficient (Wildman–Crippen LogP) is 5.93. The summed E-state index contributed by atoms with van der Waals surface area (Å²) in [5.41, 5.74) is 6.16. The van der Waals surface area contributed by atoms with E-state index in [2.05, 4.69) is 22.5 Å². The molecule has 40 heavy (non-hydrogen) atoms. The van der Waals surface area contributed by atoms with Gasteiger partial charge >= 0.3 is 6.03 Å². The molecule has 4 saturated carbocycles. The fraction of sp³-hybridized carbons (Fsp3) is 0.394. The highest BCUT2D eigenvalue weighted by molar-refractivity contribution is 6.39. The van der Waals surface area contributed by atoms with E-state index in [-0.39, 0.29) is 11.0 Å². The molecule has 0 radical (unpaired) electrons. The highest BCUT2D eigenvalue weighted by Gasteiger charge is 2.51. The molecule has 4 amide bonds. The molecule has 8 rings (SSSR count). The minimum atomic E-state index is -0.724. The molecule has 1 saturated heterocycles. The van der Waals surface area contributed by atoms with Crippen LogP contribution in [-0.2, 0) is 15.0 Å². The van der Waals surface area contributed by atoms with Crippen LogP contribution in [0.1, 0.15) is 66.6 Å². The second-order valence-corrected chi connectivity index (χ2v) is 12.5. The number of hydrogen-bond donors (Lipinski definition) is 1. The molecular weight excluding hydrogens is 500 g/mol. The van der Waals surface area contributed by atoms with Gasteiger partial charge in [0.15, 0.2) is 0 Å². The van der Waals surface area contributed by atoms with Gasteiger partial charge in [-0.2, -0.15) is 5.10 Å². The van der Waals surface area contributed by atoms with Crippen LogP contribution < -0.4 is 10.2 Å². The van der Waals surface area contributed by atoms with Gasteiger partial charge in [-0.3, -0.25) is 14.9 Å². The molecular formula is C33H34N4O3. The Hall–Kier alpha value is -4.00. The first kappa shape index (κ1) is 25.0. The predicted molar refractivity (Wildman–Crippen MR) is 153 cm³/mol. The average molecular weight is 535 g/mol. The molecule has 1 aromatic heterocycles. The minimum absolute atomic E-state index is 0.0839. The van der Waals surface area contributed by atoms with Crippen LogP contribution in [0.5, 0.6) is 0 Å². The summed E-state index contributed by atoms with van der Waals surface area (Å²) in [6.07, 6.45) is 9.44. The number of barbiturate groups is 1. The molecule has 5 fully saturated rings. The fourth-order valence-corrected chi connectivity index (χ4v) is 8.27. The van der Waals surface area contributed by atoms with E-state index in [9.17, 15) is 14.4 Å². The van der Waals surface area contributed by atoms with Crippen molar-refractivity contribution in [1.82, 2.24) is 15.1 Å². The zero-order chi connectivity index (χ0) is 27.8. The minimum Gasteiger partial charge on any atom is -0.273 e. The molecule has 0 atom stereocenters. The van der Waals surface area contributed by atoms with Gasteiger partial charge in [-0.05, 0) is 118 Å². The third-order valence-corrected chi connectivity index (χ3v) is 9.79. The lowest BCUT2D eigenvalue weighted by Crippen LogP contribution is -2.54. The Morgan fingerprint density at radius 1 is 0.825 bits per heavy atom. The monoisotopic (exact) mass is 534 g/mol. The smallest absolute Gasteiger partial charge is 0.273 e. The number of carbonyl (C=O) groups excluding carboxylic acids is 3. The number of aryl methyl sites for hydroxylation is 2. The summed E-state index contributed by atoms with van der Waals surface area (Å²) in [6.45, 7) is 5.78. The Labute approximate surface area is 234 Å². The highest BCUT2D eigenvalue weighted by Crippen LogP contribution is 2.60. The molecule has 0 spiro atoms. The topological polar surface area (TPSA) is 84.3 Å². The summed E-state index contributed by atoms with van der Waals surface area (Å²) in [5.74, 6) is 1.18. The zero-order valence-electron chi connectivity index (χ0n) is 23.2. The lowest BCUT2D eigenvalue weighted by molar-refractivity contribution is -0.122. The van der Waals surface area contributed by atoms with Crippen molar-refractivity contribution in [3.8, 4) is 5.69 Å². The Kier molecular flexibility index (Phi) is 5.63. The van der Waals surface area contributed by atoms with Crippen LogP contribution in [0.25, 0.3) is 11.8 Å². The molecule has 7 heteroatoms. The first-order valence-electron chi connectivity index (χ1n) is 14.4. The summed E-state index contributed by atoms with van der Waals surface area (Å²) in [4.78, 5) is 40.5. The first-order chi connectivity index (χ1) is 19.2. The molecule has 2 aromatic carbocycles. The van der Waals surface area contributed by atoms with Crippen molar-refractivity contribution in [3.05, 3.63) is 82.2 Å². The molecule has 5 aliphatic rings. The normalized spacial score (nSPS) is 28.5. The Morgan fingerprint density at radius 2 is 1.40 bits per heavy atom. The standard InChI is InChI=1S/C33H34N4O3/c1-19-4-8-27(9-5-19)37-21(3)28(20(2)35-37)15-29-30(38)34-32(40)36(31(29)39)26-10-6-25(7-11-26)33-16-22-12-23(17-33)14-24(13-22)18-33/h4-11,15,22-24H,12-14,16-18H2,1-3H3,(H,34,38,40)/b29-15+. The van der Waals surface area contributed by atoms with Crippen LogP contribution in [0, 0.1) is 38.5 Å². The number of aromatic nitrogens is 2. The SMILES string of the molecule is Cc1ccc(-n2nc(C)c(/C=C3\C(=O)NC(=O)N(c4ccc(C56CC7CC(CC(C7)C5)C6)cc4)C3=O)c2C)cc1. The van der Waals surface area contributed by atoms with Crippen molar-refractivity contribution in [2.75, 3.05) is 4.90 Å². The lowest BCUT2D eigenvalue weighted by Gasteiger charge is -2.57. The number of urea groups is 1. The maximum absolute atomic E-state index is 13.6. The second kappa shape index (κ2) is 9.01. The van der Waals surface area contributed by atoms with Gasteiger partial charge < -0.3 is 0 Å². The molecule has 0 unspecified atom stereocenters.